The Kier molecular flexibility index (Phi) is 57.3. The van der Waals surface area contributed by atoms with E-state index in [-0.39, 0.29) is 31.1 Å². The summed E-state index contributed by atoms with van der Waals surface area (Å²) in [5.74, 6) is -0.902. The minimum Gasteiger partial charge on any atom is -0.462 e. The van der Waals surface area contributed by atoms with E-state index >= 15 is 0 Å². The molecule has 0 N–H and O–H groups in total. The van der Waals surface area contributed by atoms with Crippen LogP contribution in [0, 0.1) is 0 Å². The zero-order valence-electron chi connectivity index (χ0n) is 47.4. The largest absolute Gasteiger partial charge is 0.462 e. The second-order valence-corrected chi connectivity index (χ2v) is 20.3. The number of ether oxygens (including phenoxy) is 3. The summed E-state index contributed by atoms with van der Waals surface area (Å²) >= 11 is 0. The molecule has 414 valence electrons. The Morgan fingerprint density at radius 1 is 0.306 bits per heavy atom. The van der Waals surface area contributed by atoms with E-state index < -0.39 is 6.10 Å². The van der Waals surface area contributed by atoms with Crippen LogP contribution in [-0.4, -0.2) is 37.2 Å². The van der Waals surface area contributed by atoms with Crippen LogP contribution in [0.1, 0.15) is 297 Å². The van der Waals surface area contributed by atoms with E-state index in [9.17, 15) is 14.4 Å². The predicted molar refractivity (Wildman–Crippen MR) is 311 cm³/mol. The predicted octanol–water partition coefficient (Wildman–Crippen LogP) is 20.7. The SMILES string of the molecule is CC/C=C\C/C=C\C/C=C\CCCCCCCCCCCC(=O)OCC(COC(=O)CCCCCCCCCCCCCCCCCCC)OC(=O)CCCCCCC\C=C/C=C\C=C/C=C\CCCCC. The Labute approximate surface area is 445 Å². The summed E-state index contributed by atoms with van der Waals surface area (Å²) in [7, 11) is 0. The third kappa shape index (κ3) is 57.5. The van der Waals surface area contributed by atoms with Crippen LogP contribution in [0.4, 0.5) is 0 Å². The molecule has 0 aromatic carbocycles. The molecule has 0 bridgehead atoms. The molecule has 6 nitrogen and oxygen atoms in total. The van der Waals surface area contributed by atoms with E-state index in [0.29, 0.717) is 19.3 Å². The molecular weight excluding hydrogens is 889 g/mol. The van der Waals surface area contributed by atoms with Crippen LogP contribution in [0.2, 0.25) is 0 Å². The van der Waals surface area contributed by atoms with Crippen LogP contribution in [0.3, 0.4) is 0 Å². The molecule has 0 amide bonds. The minimum atomic E-state index is -0.791. The fourth-order valence-electron chi connectivity index (χ4n) is 8.65. The smallest absolute Gasteiger partial charge is 0.306 e. The fraction of sp³-hybridized carbons (Fsp3) is 0.742. The van der Waals surface area contributed by atoms with Crippen molar-refractivity contribution in [3.63, 3.8) is 0 Å². The van der Waals surface area contributed by atoms with Crippen LogP contribution < -0.4 is 0 Å². The van der Waals surface area contributed by atoms with E-state index in [2.05, 4.69) is 106 Å². The van der Waals surface area contributed by atoms with Crippen LogP contribution in [0.15, 0.2) is 85.1 Å². The molecule has 0 fully saturated rings. The highest BCUT2D eigenvalue weighted by molar-refractivity contribution is 5.71. The van der Waals surface area contributed by atoms with E-state index in [1.54, 1.807) is 0 Å². The van der Waals surface area contributed by atoms with Crippen molar-refractivity contribution < 1.29 is 28.6 Å². The van der Waals surface area contributed by atoms with E-state index in [0.717, 1.165) is 103 Å². The van der Waals surface area contributed by atoms with Gasteiger partial charge in [-0.1, -0.05) is 286 Å². The summed E-state index contributed by atoms with van der Waals surface area (Å²) in [5.41, 5.74) is 0. The molecule has 0 radical (unpaired) electrons. The molecular formula is C66H114O6. The van der Waals surface area contributed by atoms with Gasteiger partial charge in [-0.15, -0.1) is 0 Å². The summed E-state index contributed by atoms with van der Waals surface area (Å²) in [4.78, 5) is 38.3. The van der Waals surface area contributed by atoms with Crippen molar-refractivity contribution in [1.29, 1.82) is 0 Å². The van der Waals surface area contributed by atoms with Gasteiger partial charge in [0.1, 0.15) is 13.2 Å². The molecule has 0 saturated carbocycles. The van der Waals surface area contributed by atoms with Crippen molar-refractivity contribution in [3.8, 4) is 0 Å². The number of rotatable bonds is 55. The fourth-order valence-corrected chi connectivity index (χ4v) is 8.65. The van der Waals surface area contributed by atoms with Gasteiger partial charge in [0.2, 0.25) is 0 Å². The number of allylic oxidation sites excluding steroid dienone is 14. The van der Waals surface area contributed by atoms with Crippen LogP contribution >= 0.6 is 0 Å². The highest BCUT2D eigenvalue weighted by Gasteiger charge is 2.19. The van der Waals surface area contributed by atoms with Crippen molar-refractivity contribution in [1.82, 2.24) is 0 Å². The van der Waals surface area contributed by atoms with Gasteiger partial charge in [-0.05, 0) is 77.0 Å². The summed E-state index contributed by atoms with van der Waals surface area (Å²) in [6.07, 6.45) is 78.5. The van der Waals surface area contributed by atoms with Gasteiger partial charge >= 0.3 is 17.9 Å². The Morgan fingerprint density at radius 2 is 0.597 bits per heavy atom. The normalized spacial score (nSPS) is 12.7. The van der Waals surface area contributed by atoms with Gasteiger partial charge in [0.15, 0.2) is 6.10 Å². The average molecular weight is 1000 g/mol. The lowest BCUT2D eigenvalue weighted by Crippen LogP contribution is -2.30. The summed E-state index contributed by atoms with van der Waals surface area (Å²) in [5, 5.41) is 0. The number of esters is 3. The van der Waals surface area contributed by atoms with Gasteiger partial charge in [0.05, 0.1) is 0 Å². The number of hydrogen-bond acceptors (Lipinski definition) is 6. The van der Waals surface area contributed by atoms with Gasteiger partial charge < -0.3 is 14.2 Å². The van der Waals surface area contributed by atoms with Crippen LogP contribution in [0.25, 0.3) is 0 Å². The first-order valence-corrected chi connectivity index (χ1v) is 30.6. The molecule has 0 saturated heterocycles. The first kappa shape index (κ1) is 68.6. The van der Waals surface area contributed by atoms with Gasteiger partial charge in [-0.3, -0.25) is 14.4 Å². The van der Waals surface area contributed by atoms with E-state index in [4.69, 9.17) is 14.2 Å². The molecule has 0 aliphatic carbocycles. The molecule has 0 rings (SSSR count). The maximum atomic E-state index is 12.9. The van der Waals surface area contributed by atoms with Gasteiger partial charge in [0.25, 0.3) is 0 Å². The second-order valence-electron chi connectivity index (χ2n) is 20.3. The zero-order chi connectivity index (χ0) is 52.2. The highest BCUT2D eigenvalue weighted by Crippen LogP contribution is 2.16. The molecule has 1 atom stereocenters. The number of carbonyl (C=O) groups is 3. The van der Waals surface area contributed by atoms with Crippen molar-refractivity contribution in [2.24, 2.45) is 0 Å². The number of hydrogen-bond donors (Lipinski definition) is 0. The Hall–Kier alpha value is -3.41. The van der Waals surface area contributed by atoms with E-state index in [1.807, 2.05) is 0 Å². The Bertz CT molecular complexity index is 1380. The minimum absolute atomic E-state index is 0.0856. The van der Waals surface area contributed by atoms with Gasteiger partial charge in [-0.2, -0.15) is 0 Å². The average Bonchev–Trinajstić information content (AvgIpc) is 3.38. The number of unbranched alkanes of at least 4 members (excludes halogenated alkanes) is 33. The third-order valence-corrected chi connectivity index (χ3v) is 13.2. The number of carbonyl (C=O) groups excluding carboxylic acids is 3. The molecule has 72 heavy (non-hydrogen) atoms. The standard InChI is InChI=1S/C66H114O6/c1-4-7-10-13-16-19-22-25-28-31-33-36-38-41-44-47-50-53-56-59-65(68)71-62-63(61-70-64(67)58-55-52-49-46-43-40-37-34-30-27-24-21-18-15-12-9-6-3)72-66(69)60-57-54-51-48-45-42-39-35-32-29-26-23-20-17-14-11-8-5-2/h7,10,16-17,19-20,23,25-26,28-29,32,35,39,63H,4-6,8-9,11-15,18,21-22,24,27,30-31,33-34,36-38,40-62H2,1-3H3/b10-7-,19-16-,20-17-,26-23-,28-25-,32-29-,39-35-. The second kappa shape index (κ2) is 60.1. The molecule has 0 aliphatic rings. The maximum Gasteiger partial charge on any atom is 0.306 e. The van der Waals surface area contributed by atoms with Crippen LogP contribution in [0.5, 0.6) is 0 Å². The monoisotopic (exact) mass is 1000 g/mol. The van der Waals surface area contributed by atoms with Gasteiger partial charge in [0, 0.05) is 19.3 Å². The molecule has 0 spiro atoms. The summed E-state index contributed by atoms with van der Waals surface area (Å²) in [6.45, 7) is 6.50. The molecule has 1 unspecified atom stereocenters. The van der Waals surface area contributed by atoms with Crippen LogP contribution in [-0.2, 0) is 28.6 Å². The third-order valence-electron chi connectivity index (χ3n) is 13.2. The van der Waals surface area contributed by atoms with Crippen molar-refractivity contribution in [2.75, 3.05) is 13.2 Å². The quantitative estimate of drug-likeness (QED) is 0.0199. The maximum absolute atomic E-state index is 12.9. The van der Waals surface area contributed by atoms with Crippen molar-refractivity contribution in [2.45, 2.75) is 303 Å². The highest BCUT2D eigenvalue weighted by atomic mass is 16.6. The molecule has 0 aliphatic heterocycles. The Morgan fingerprint density at radius 3 is 1.00 bits per heavy atom. The van der Waals surface area contributed by atoms with Crippen molar-refractivity contribution in [3.05, 3.63) is 85.1 Å². The topological polar surface area (TPSA) is 78.9 Å². The van der Waals surface area contributed by atoms with Crippen molar-refractivity contribution >= 4 is 17.9 Å². The van der Waals surface area contributed by atoms with E-state index in [1.165, 1.54) is 154 Å². The molecule has 0 aromatic rings. The first-order valence-electron chi connectivity index (χ1n) is 30.6. The van der Waals surface area contributed by atoms with Gasteiger partial charge in [-0.25, -0.2) is 0 Å². The Balaban J connectivity index is 4.42. The first-order chi connectivity index (χ1) is 35.5. The lowest BCUT2D eigenvalue weighted by Gasteiger charge is -2.18. The lowest BCUT2D eigenvalue weighted by atomic mass is 10.0. The molecule has 0 heterocycles. The zero-order valence-corrected chi connectivity index (χ0v) is 47.4. The molecule has 0 aromatic heterocycles. The summed E-state index contributed by atoms with van der Waals surface area (Å²) < 4.78 is 16.9. The lowest BCUT2D eigenvalue weighted by molar-refractivity contribution is -0.167. The molecule has 6 heteroatoms. The summed E-state index contributed by atoms with van der Waals surface area (Å²) in [6, 6.07) is 0.